The van der Waals surface area contributed by atoms with Crippen LogP contribution >= 0.6 is 15.9 Å². The first-order valence-corrected chi connectivity index (χ1v) is 10.4. The van der Waals surface area contributed by atoms with E-state index in [1.54, 1.807) is 24.1 Å². The summed E-state index contributed by atoms with van der Waals surface area (Å²) < 4.78 is 19.8. The van der Waals surface area contributed by atoms with Crippen molar-refractivity contribution in [3.63, 3.8) is 0 Å². The van der Waals surface area contributed by atoms with Crippen molar-refractivity contribution < 1.29 is 13.9 Å². The molecule has 5 nitrogen and oxygen atoms in total. The van der Waals surface area contributed by atoms with E-state index < -0.39 is 6.04 Å². The molecule has 0 saturated carbocycles. The molecule has 0 saturated heterocycles. The first-order valence-electron chi connectivity index (χ1n) is 9.64. The first kappa shape index (κ1) is 19.5. The van der Waals surface area contributed by atoms with Gasteiger partial charge in [-0.3, -0.25) is 14.8 Å². The van der Waals surface area contributed by atoms with Crippen LogP contribution in [0.4, 0.5) is 10.1 Å². The highest BCUT2D eigenvalue weighted by atomic mass is 79.9. The number of carbonyl (C=O) groups excluding carboxylic acids is 1. The van der Waals surface area contributed by atoms with Crippen LogP contribution in [0.5, 0.6) is 5.75 Å². The quantitative estimate of drug-likeness (QED) is 0.407. The third-order valence-electron chi connectivity index (χ3n) is 5.42. The minimum Gasteiger partial charge on any atom is -0.497 e. The molecule has 31 heavy (non-hydrogen) atoms. The number of carbonyl (C=O) groups is 1. The predicted octanol–water partition coefficient (Wildman–Crippen LogP) is 5.74. The largest absolute Gasteiger partial charge is 0.497 e. The Morgan fingerprint density at radius 3 is 2.32 bits per heavy atom. The molecule has 154 valence electrons. The maximum atomic E-state index is 13.7. The Kier molecular flexibility index (Phi) is 4.82. The van der Waals surface area contributed by atoms with E-state index in [0.29, 0.717) is 11.4 Å². The Balaban J connectivity index is 1.69. The molecule has 1 atom stereocenters. The molecule has 0 radical (unpaired) electrons. The van der Waals surface area contributed by atoms with Gasteiger partial charge in [0.1, 0.15) is 17.3 Å². The van der Waals surface area contributed by atoms with E-state index in [1.807, 2.05) is 48.5 Å². The smallest absolute Gasteiger partial charge is 0.277 e. The van der Waals surface area contributed by atoms with Crippen LogP contribution in [-0.4, -0.2) is 23.2 Å². The van der Waals surface area contributed by atoms with Crippen LogP contribution in [0.25, 0.3) is 11.3 Å². The number of hydrogen-bond donors (Lipinski definition) is 1. The highest BCUT2D eigenvalue weighted by Crippen LogP contribution is 2.45. The SMILES string of the molecule is COc1ccc(-c2n[nH]c3c2[C@H](c2ccc(F)cc2)N(c2ccc(Br)cc2)C3=O)cc1. The summed E-state index contributed by atoms with van der Waals surface area (Å²) in [5.41, 5.74) is 4.28. The third kappa shape index (κ3) is 3.31. The average Bonchev–Trinajstić information content (AvgIpc) is 3.34. The molecule has 3 aromatic carbocycles. The Morgan fingerprint density at radius 1 is 1.00 bits per heavy atom. The number of hydrogen-bond acceptors (Lipinski definition) is 3. The Labute approximate surface area is 186 Å². The number of aromatic nitrogens is 2. The Morgan fingerprint density at radius 2 is 1.68 bits per heavy atom. The van der Waals surface area contributed by atoms with Gasteiger partial charge in [0.25, 0.3) is 5.91 Å². The first-order chi connectivity index (χ1) is 15.1. The van der Waals surface area contributed by atoms with Crippen molar-refractivity contribution in [3.8, 4) is 17.0 Å². The molecule has 1 aliphatic rings. The second-order valence-electron chi connectivity index (χ2n) is 7.20. The molecule has 1 aliphatic heterocycles. The van der Waals surface area contributed by atoms with Crippen LogP contribution in [0.2, 0.25) is 0 Å². The minimum atomic E-state index is -0.444. The zero-order valence-corrected chi connectivity index (χ0v) is 18.1. The van der Waals surface area contributed by atoms with E-state index in [0.717, 1.165) is 32.6 Å². The van der Waals surface area contributed by atoms with E-state index in [-0.39, 0.29) is 11.7 Å². The number of methoxy groups -OCH3 is 1. The van der Waals surface area contributed by atoms with Gasteiger partial charge in [-0.1, -0.05) is 28.1 Å². The van der Waals surface area contributed by atoms with Crippen LogP contribution in [0.3, 0.4) is 0 Å². The molecule has 0 bridgehead atoms. The molecule has 0 spiro atoms. The second-order valence-corrected chi connectivity index (χ2v) is 8.11. The van der Waals surface area contributed by atoms with E-state index in [9.17, 15) is 9.18 Å². The van der Waals surface area contributed by atoms with Crippen molar-refractivity contribution in [2.75, 3.05) is 12.0 Å². The molecule has 0 aliphatic carbocycles. The lowest BCUT2D eigenvalue weighted by atomic mass is 9.96. The van der Waals surface area contributed by atoms with Crippen molar-refractivity contribution in [1.29, 1.82) is 0 Å². The van der Waals surface area contributed by atoms with Gasteiger partial charge in [-0.25, -0.2) is 4.39 Å². The summed E-state index contributed by atoms with van der Waals surface area (Å²) >= 11 is 3.44. The summed E-state index contributed by atoms with van der Waals surface area (Å²) in [5.74, 6) is 0.226. The third-order valence-corrected chi connectivity index (χ3v) is 5.95. The molecule has 7 heteroatoms. The number of anilines is 1. The second kappa shape index (κ2) is 7.67. The van der Waals surface area contributed by atoms with Gasteiger partial charge >= 0.3 is 0 Å². The molecular weight excluding hydrogens is 461 g/mol. The lowest BCUT2D eigenvalue weighted by Crippen LogP contribution is -2.29. The van der Waals surface area contributed by atoms with Crippen LogP contribution in [0.15, 0.2) is 77.3 Å². The Bertz CT molecular complexity index is 1250. The van der Waals surface area contributed by atoms with Crippen molar-refractivity contribution in [2.45, 2.75) is 6.04 Å². The maximum Gasteiger partial charge on any atom is 0.277 e. The fraction of sp³-hybridized carbons (Fsp3) is 0.0833. The maximum absolute atomic E-state index is 13.7. The van der Waals surface area contributed by atoms with E-state index in [2.05, 4.69) is 26.1 Å². The van der Waals surface area contributed by atoms with Gasteiger partial charge in [-0.15, -0.1) is 0 Å². The predicted molar refractivity (Wildman–Crippen MR) is 120 cm³/mol. The summed E-state index contributed by atoms with van der Waals surface area (Å²) in [6.45, 7) is 0. The highest BCUT2D eigenvalue weighted by molar-refractivity contribution is 9.10. The van der Waals surface area contributed by atoms with Gasteiger partial charge in [0.2, 0.25) is 0 Å². The molecule has 0 fully saturated rings. The molecule has 2 heterocycles. The van der Waals surface area contributed by atoms with Crippen LogP contribution in [0.1, 0.15) is 27.7 Å². The molecule has 4 aromatic rings. The summed E-state index contributed by atoms with van der Waals surface area (Å²) in [5, 5.41) is 7.38. The van der Waals surface area contributed by atoms with Crippen LogP contribution in [-0.2, 0) is 0 Å². The monoisotopic (exact) mass is 477 g/mol. The normalized spacial score (nSPS) is 15.3. The summed E-state index contributed by atoms with van der Waals surface area (Å²) in [6.07, 6.45) is 0. The van der Waals surface area contributed by atoms with Crippen molar-refractivity contribution in [1.82, 2.24) is 10.2 Å². The summed E-state index contributed by atoms with van der Waals surface area (Å²) in [4.78, 5) is 15.1. The van der Waals surface area contributed by atoms with E-state index in [4.69, 9.17) is 4.74 Å². The topological polar surface area (TPSA) is 58.2 Å². The molecule has 1 amide bonds. The number of aromatic amines is 1. The molecule has 1 N–H and O–H groups in total. The minimum absolute atomic E-state index is 0.182. The number of fused-ring (bicyclic) bond motifs is 1. The van der Waals surface area contributed by atoms with Crippen molar-refractivity contribution >= 4 is 27.5 Å². The van der Waals surface area contributed by atoms with Crippen LogP contribution in [0, 0.1) is 5.82 Å². The van der Waals surface area contributed by atoms with Crippen LogP contribution < -0.4 is 9.64 Å². The van der Waals surface area contributed by atoms with Gasteiger partial charge in [0.15, 0.2) is 0 Å². The van der Waals surface area contributed by atoms with Gasteiger partial charge in [0.05, 0.1) is 18.8 Å². The van der Waals surface area contributed by atoms with Crippen molar-refractivity contribution in [3.05, 3.63) is 99.9 Å². The molecule has 1 aromatic heterocycles. The lowest BCUT2D eigenvalue weighted by Gasteiger charge is -2.26. The number of benzene rings is 3. The van der Waals surface area contributed by atoms with Gasteiger partial charge in [-0.05, 0) is 66.2 Å². The van der Waals surface area contributed by atoms with E-state index in [1.165, 1.54) is 12.1 Å². The number of ether oxygens (including phenoxy) is 1. The lowest BCUT2D eigenvalue weighted by molar-refractivity contribution is 0.0989. The molecule has 0 unspecified atom stereocenters. The number of H-pyrrole nitrogens is 1. The van der Waals surface area contributed by atoms with Gasteiger partial charge in [0, 0.05) is 21.3 Å². The zero-order valence-electron chi connectivity index (χ0n) is 16.5. The van der Waals surface area contributed by atoms with Gasteiger partial charge < -0.3 is 4.74 Å². The standard InChI is InChI=1S/C24H17BrFN3O2/c1-31-19-12-4-14(5-13-19)21-20-22(28-27-21)24(30)29(18-10-6-16(25)7-11-18)23(20)15-2-8-17(26)9-3-15/h2-13,23H,1H3,(H,27,28)/t23-/m0/s1. The fourth-order valence-corrected chi connectivity index (χ4v) is 4.21. The summed E-state index contributed by atoms with van der Waals surface area (Å²) in [7, 11) is 1.61. The number of amides is 1. The van der Waals surface area contributed by atoms with E-state index >= 15 is 0 Å². The summed E-state index contributed by atoms with van der Waals surface area (Å²) in [6, 6.07) is 20.8. The number of halogens is 2. The van der Waals surface area contributed by atoms with Gasteiger partial charge in [-0.2, -0.15) is 5.10 Å². The average molecular weight is 478 g/mol. The fourth-order valence-electron chi connectivity index (χ4n) is 3.94. The molecular formula is C24H17BrFN3O2. The highest BCUT2D eigenvalue weighted by Gasteiger charge is 2.43. The van der Waals surface area contributed by atoms with Crippen molar-refractivity contribution in [2.24, 2.45) is 0 Å². The Hall–Kier alpha value is -3.45. The number of rotatable bonds is 4. The molecule has 5 rings (SSSR count). The number of nitrogens with zero attached hydrogens (tertiary/aromatic N) is 2. The zero-order chi connectivity index (χ0) is 21.5. The number of nitrogens with one attached hydrogen (secondary N) is 1.